The van der Waals surface area contributed by atoms with Gasteiger partial charge < -0.3 is 10.4 Å². The predicted octanol–water partition coefficient (Wildman–Crippen LogP) is 4.65. The van der Waals surface area contributed by atoms with Gasteiger partial charge in [-0.25, -0.2) is 9.78 Å². The highest BCUT2D eigenvalue weighted by Crippen LogP contribution is 2.37. The molecule has 0 aliphatic rings. The Morgan fingerprint density at radius 1 is 1.32 bits per heavy atom. The number of carbonyl (C=O) groups is 2. The van der Waals surface area contributed by atoms with Crippen molar-refractivity contribution in [2.24, 2.45) is 5.92 Å². The van der Waals surface area contributed by atoms with Gasteiger partial charge in [0.2, 0.25) is 0 Å². The number of aromatic nitrogens is 1. The first-order valence-electron chi connectivity index (χ1n) is 7.71. The third-order valence-corrected chi connectivity index (χ3v) is 5.75. The van der Waals surface area contributed by atoms with Crippen LogP contribution < -0.4 is 5.32 Å². The van der Waals surface area contributed by atoms with E-state index in [0.29, 0.717) is 37.6 Å². The number of carbonyl (C=O) groups excluding carboxylic acids is 1. The van der Waals surface area contributed by atoms with E-state index in [1.54, 1.807) is 32.0 Å². The van der Waals surface area contributed by atoms with Crippen LogP contribution in [0.5, 0.6) is 0 Å². The molecule has 0 saturated carbocycles. The molecule has 1 heterocycles. The van der Waals surface area contributed by atoms with Crippen molar-refractivity contribution in [1.29, 1.82) is 0 Å². The number of thiazole rings is 1. The maximum Gasteiger partial charge on any atom is 0.326 e. The van der Waals surface area contributed by atoms with Crippen LogP contribution in [-0.4, -0.2) is 28.0 Å². The number of carboxylic acid groups (broad SMARTS) is 1. The molecule has 2 rings (SSSR count). The molecular weight excluding hydrogens is 383 g/mol. The molecule has 25 heavy (non-hydrogen) atoms. The molecule has 1 aromatic heterocycles. The first-order chi connectivity index (χ1) is 11.8. The molecule has 5 nitrogen and oxygen atoms in total. The third-order valence-electron chi connectivity index (χ3n) is 3.95. The topological polar surface area (TPSA) is 79.3 Å². The van der Waals surface area contributed by atoms with Crippen molar-refractivity contribution in [3.8, 4) is 10.6 Å². The predicted molar refractivity (Wildman–Crippen MR) is 101 cm³/mol. The van der Waals surface area contributed by atoms with E-state index in [-0.39, 0.29) is 5.92 Å². The molecule has 0 unspecified atom stereocenters. The Hall–Kier alpha value is -1.63. The maximum absolute atomic E-state index is 12.5. The molecule has 134 valence electrons. The van der Waals surface area contributed by atoms with E-state index in [1.807, 2.05) is 6.92 Å². The van der Waals surface area contributed by atoms with Crippen molar-refractivity contribution in [3.05, 3.63) is 38.8 Å². The van der Waals surface area contributed by atoms with E-state index in [0.717, 1.165) is 11.3 Å². The monoisotopic (exact) mass is 400 g/mol. The van der Waals surface area contributed by atoms with E-state index < -0.39 is 17.9 Å². The molecule has 0 saturated heterocycles. The summed E-state index contributed by atoms with van der Waals surface area (Å²) < 4.78 is 0. The Balaban J connectivity index is 2.34. The zero-order valence-electron chi connectivity index (χ0n) is 14.0. The smallest absolute Gasteiger partial charge is 0.326 e. The first kappa shape index (κ1) is 19.7. The van der Waals surface area contributed by atoms with E-state index in [2.05, 4.69) is 10.3 Å². The standard InChI is InChI=1S/C17H18Cl2N2O3S/c1-4-8(2)13(17(23)24)21-15(22)14-9(3)20-16(25-14)12-10(18)6-5-7-11(12)19/h5-8,13H,4H2,1-3H3,(H,21,22)(H,23,24)/t8-,13+/m1/s1. The lowest BCUT2D eigenvalue weighted by Crippen LogP contribution is -2.44. The van der Waals surface area contributed by atoms with Crippen LogP contribution in [0.1, 0.15) is 35.6 Å². The lowest BCUT2D eigenvalue weighted by molar-refractivity contribution is -0.140. The van der Waals surface area contributed by atoms with Crippen LogP contribution in [-0.2, 0) is 4.79 Å². The fraction of sp³-hybridized carbons (Fsp3) is 0.353. The fourth-order valence-electron chi connectivity index (χ4n) is 2.31. The zero-order valence-corrected chi connectivity index (χ0v) is 16.3. The molecule has 0 aliphatic carbocycles. The van der Waals surface area contributed by atoms with E-state index >= 15 is 0 Å². The number of hydrogen-bond acceptors (Lipinski definition) is 4. The molecule has 0 spiro atoms. The summed E-state index contributed by atoms with van der Waals surface area (Å²) in [4.78, 5) is 28.7. The largest absolute Gasteiger partial charge is 0.480 e. The van der Waals surface area contributed by atoms with E-state index in [9.17, 15) is 14.7 Å². The Morgan fingerprint density at radius 2 is 1.92 bits per heavy atom. The third kappa shape index (κ3) is 4.32. The van der Waals surface area contributed by atoms with Crippen molar-refractivity contribution in [1.82, 2.24) is 10.3 Å². The maximum atomic E-state index is 12.5. The molecule has 0 radical (unpaired) electrons. The molecule has 2 aromatic rings. The first-order valence-corrected chi connectivity index (χ1v) is 9.29. The molecule has 8 heteroatoms. The van der Waals surface area contributed by atoms with Gasteiger partial charge in [0.15, 0.2) is 0 Å². The van der Waals surface area contributed by atoms with Crippen LogP contribution in [0.25, 0.3) is 10.6 Å². The number of carboxylic acids is 1. The van der Waals surface area contributed by atoms with Gasteiger partial charge in [-0.15, -0.1) is 11.3 Å². The summed E-state index contributed by atoms with van der Waals surface area (Å²) in [6, 6.07) is 4.17. The van der Waals surface area contributed by atoms with Gasteiger partial charge in [0, 0.05) is 5.56 Å². The zero-order chi connectivity index (χ0) is 18.7. The lowest BCUT2D eigenvalue weighted by atomic mass is 9.99. The summed E-state index contributed by atoms with van der Waals surface area (Å²) in [5.41, 5.74) is 1.07. The molecule has 2 atom stereocenters. The Morgan fingerprint density at radius 3 is 2.44 bits per heavy atom. The van der Waals surface area contributed by atoms with Gasteiger partial charge in [0.1, 0.15) is 15.9 Å². The van der Waals surface area contributed by atoms with Crippen LogP contribution in [0.4, 0.5) is 0 Å². The van der Waals surface area contributed by atoms with Gasteiger partial charge in [-0.05, 0) is 25.0 Å². The summed E-state index contributed by atoms with van der Waals surface area (Å²) in [5, 5.41) is 13.3. The fourth-order valence-corrected chi connectivity index (χ4v) is 4.04. The van der Waals surface area contributed by atoms with Crippen LogP contribution in [0.15, 0.2) is 18.2 Å². The van der Waals surface area contributed by atoms with Crippen molar-refractivity contribution >= 4 is 46.4 Å². The molecule has 0 aliphatic heterocycles. The van der Waals surface area contributed by atoms with Crippen LogP contribution in [0, 0.1) is 12.8 Å². The minimum atomic E-state index is -1.06. The van der Waals surface area contributed by atoms with Gasteiger partial charge in [0.25, 0.3) is 5.91 Å². The van der Waals surface area contributed by atoms with Crippen molar-refractivity contribution in [3.63, 3.8) is 0 Å². The van der Waals surface area contributed by atoms with Gasteiger partial charge in [-0.2, -0.15) is 0 Å². The second kappa shape index (κ2) is 8.17. The summed E-state index contributed by atoms with van der Waals surface area (Å²) >= 11 is 13.5. The summed E-state index contributed by atoms with van der Waals surface area (Å²) in [6.07, 6.45) is 0.638. The average molecular weight is 401 g/mol. The number of nitrogens with one attached hydrogen (secondary N) is 1. The molecule has 0 fully saturated rings. The summed E-state index contributed by atoms with van der Waals surface area (Å²) in [6.45, 7) is 5.36. The van der Waals surface area contributed by atoms with Crippen LogP contribution in [0.2, 0.25) is 10.0 Å². The number of aryl methyl sites for hydroxylation is 1. The summed E-state index contributed by atoms with van der Waals surface area (Å²) in [5.74, 6) is -1.71. The van der Waals surface area contributed by atoms with Gasteiger partial charge >= 0.3 is 5.97 Å². The number of amides is 1. The number of rotatable bonds is 6. The average Bonchev–Trinajstić information content (AvgIpc) is 2.92. The molecule has 2 N–H and O–H groups in total. The highest BCUT2D eigenvalue weighted by Gasteiger charge is 2.28. The Labute approximate surface area is 160 Å². The number of hydrogen-bond donors (Lipinski definition) is 2. The van der Waals surface area contributed by atoms with Crippen molar-refractivity contribution < 1.29 is 14.7 Å². The van der Waals surface area contributed by atoms with E-state index in [1.165, 1.54) is 0 Å². The van der Waals surface area contributed by atoms with Crippen molar-refractivity contribution in [2.45, 2.75) is 33.2 Å². The molecular formula is C17H18Cl2N2O3S. The normalized spacial score (nSPS) is 13.3. The minimum absolute atomic E-state index is 0.188. The highest BCUT2D eigenvalue weighted by atomic mass is 35.5. The number of nitrogens with zero attached hydrogens (tertiary/aromatic N) is 1. The highest BCUT2D eigenvalue weighted by molar-refractivity contribution is 7.17. The quantitative estimate of drug-likeness (QED) is 0.738. The van der Waals surface area contributed by atoms with Gasteiger partial charge in [-0.1, -0.05) is 49.5 Å². The SMILES string of the molecule is CC[C@@H](C)[C@H](NC(=O)c1sc(-c2c(Cl)cccc2Cl)nc1C)C(=O)O. The van der Waals surface area contributed by atoms with Gasteiger partial charge in [-0.3, -0.25) is 4.79 Å². The lowest BCUT2D eigenvalue weighted by Gasteiger charge is -2.19. The van der Waals surface area contributed by atoms with Gasteiger partial charge in [0.05, 0.1) is 15.7 Å². The van der Waals surface area contributed by atoms with Crippen molar-refractivity contribution in [2.75, 3.05) is 0 Å². The van der Waals surface area contributed by atoms with Crippen LogP contribution in [0.3, 0.4) is 0 Å². The second-order valence-corrected chi connectivity index (χ2v) is 7.52. The Bertz CT molecular complexity index is 787. The van der Waals surface area contributed by atoms with Crippen LogP contribution >= 0.6 is 34.5 Å². The minimum Gasteiger partial charge on any atom is -0.480 e. The molecule has 0 bridgehead atoms. The number of benzene rings is 1. The number of aliphatic carboxylic acids is 1. The van der Waals surface area contributed by atoms with E-state index in [4.69, 9.17) is 23.2 Å². The second-order valence-electron chi connectivity index (χ2n) is 5.71. The number of halogens is 2. The summed E-state index contributed by atoms with van der Waals surface area (Å²) in [7, 11) is 0. The molecule has 1 amide bonds. The Kier molecular flexibility index (Phi) is 6.43. The molecule has 1 aromatic carbocycles.